The monoisotopic (exact) mass is 216 g/mol. The molecular weight excluding hydrogens is 196 g/mol. The molecule has 0 aromatic rings. The predicted octanol–water partition coefficient (Wildman–Crippen LogP) is 0.854. The van der Waals surface area contributed by atoms with E-state index in [4.69, 9.17) is 0 Å². The van der Waals surface area contributed by atoms with Crippen LogP contribution in [0.25, 0.3) is 0 Å². The average molecular weight is 216 g/mol. The van der Waals surface area contributed by atoms with Crippen LogP contribution >= 0.6 is 11.8 Å². The summed E-state index contributed by atoms with van der Waals surface area (Å²) in [5.41, 5.74) is 0. The van der Waals surface area contributed by atoms with Crippen molar-refractivity contribution < 1.29 is 4.79 Å². The summed E-state index contributed by atoms with van der Waals surface area (Å²) in [5, 5.41) is 6.33. The van der Waals surface area contributed by atoms with Crippen LogP contribution in [0.4, 0.5) is 0 Å². The van der Waals surface area contributed by atoms with Gasteiger partial charge in [-0.15, -0.1) is 11.8 Å². The van der Waals surface area contributed by atoms with E-state index in [0.717, 1.165) is 25.3 Å². The van der Waals surface area contributed by atoms with Crippen LogP contribution < -0.4 is 10.6 Å². The Morgan fingerprint density at radius 1 is 1.57 bits per heavy atom. The molecule has 0 aliphatic carbocycles. The largest absolute Gasteiger partial charge is 0.355 e. The minimum absolute atomic E-state index is 0.219. The molecule has 1 fully saturated rings. The van der Waals surface area contributed by atoms with Crippen molar-refractivity contribution in [2.45, 2.75) is 25.0 Å². The van der Waals surface area contributed by atoms with Gasteiger partial charge in [0.2, 0.25) is 5.91 Å². The van der Waals surface area contributed by atoms with Gasteiger partial charge in [0, 0.05) is 6.54 Å². The van der Waals surface area contributed by atoms with E-state index in [0.29, 0.717) is 5.92 Å². The van der Waals surface area contributed by atoms with Gasteiger partial charge in [0.1, 0.15) is 0 Å². The molecule has 2 unspecified atom stereocenters. The van der Waals surface area contributed by atoms with Crippen molar-refractivity contribution in [3.63, 3.8) is 0 Å². The summed E-state index contributed by atoms with van der Waals surface area (Å²) < 4.78 is 0. The van der Waals surface area contributed by atoms with Crippen molar-refractivity contribution in [3.8, 4) is 0 Å². The molecule has 0 saturated carbocycles. The highest BCUT2D eigenvalue weighted by molar-refractivity contribution is 8.00. The number of rotatable bonds is 5. The zero-order chi connectivity index (χ0) is 10.4. The molecule has 1 saturated heterocycles. The highest BCUT2D eigenvalue weighted by Crippen LogP contribution is 2.25. The van der Waals surface area contributed by atoms with Gasteiger partial charge < -0.3 is 10.6 Å². The maximum absolute atomic E-state index is 11.6. The number of amides is 1. The summed E-state index contributed by atoms with van der Waals surface area (Å²) in [5.74, 6) is 1.88. The topological polar surface area (TPSA) is 41.1 Å². The third-order valence-corrected chi connectivity index (χ3v) is 3.78. The van der Waals surface area contributed by atoms with E-state index in [1.165, 1.54) is 6.42 Å². The Kier molecular flexibility index (Phi) is 5.33. The standard InChI is InChI=1S/C10H20N2OS/c1-8(6-11-2)7-12-10(13)9-4-3-5-14-9/h8-9,11H,3-7H2,1-2H3,(H,12,13). The van der Waals surface area contributed by atoms with Gasteiger partial charge in [0.05, 0.1) is 5.25 Å². The number of nitrogens with one attached hydrogen (secondary N) is 2. The van der Waals surface area contributed by atoms with Crippen LogP contribution in [0.1, 0.15) is 19.8 Å². The first-order valence-corrected chi connectivity index (χ1v) is 6.33. The summed E-state index contributed by atoms with van der Waals surface area (Å²) in [7, 11) is 1.94. The van der Waals surface area contributed by atoms with E-state index in [-0.39, 0.29) is 11.2 Å². The molecule has 0 bridgehead atoms. The SMILES string of the molecule is CNCC(C)CNC(=O)C1CCCS1. The third kappa shape index (κ3) is 3.88. The fraction of sp³-hybridized carbons (Fsp3) is 0.900. The van der Waals surface area contributed by atoms with Crippen molar-refractivity contribution in [2.75, 3.05) is 25.9 Å². The first kappa shape index (κ1) is 11.9. The zero-order valence-corrected chi connectivity index (χ0v) is 9.82. The van der Waals surface area contributed by atoms with Crippen molar-refractivity contribution in [1.82, 2.24) is 10.6 Å². The molecule has 0 radical (unpaired) electrons. The van der Waals surface area contributed by atoms with Gasteiger partial charge in [-0.05, 0) is 38.1 Å². The molecule has 2 atom stereocenters. The maximum atomic E-state index is 11.6. The van der Waals surface area contributed by atoms with Crippen LogP contribution in [0.3, 0.4) is 0 Å². The Hall–Kier alpha value is -0.220. The normalized spacial score (nSPS) is 23.4. The van der Waals surface area contributed by atoms with Gasteiger partial charge >= 0.3 is 0 Å². The molecule has 3 nitrogen and oxygen atoms in total. The van der Waals surface area contributed by atoms with E-state index in [1.54, 1.807) is 11.8 Å². The van der Waals surface area contributed by atoms with Gasteiger partial charge in [-0.25, -0.2) is 0 Å². The summed E-state index contributed by atoms with van der Waals surface area (Å²) in [6.45, 7) is 3.88. The van der Waals surface area contributed by atoms with Crippen LogP contribution in [0.15, 0.2) is 0 Å². The van der Waals surface area contributed by atoms with Gasteiger partial charge in [0.25, 0.3) is 0 Å². The summed E-state index contributed by atoms with van der Waals surface area (Å²) >= 11 is 1.79. The second-order valence-corrected chi connectivity index (χ2v) is 5.22. The Bertz CT molecular complexity index is 181. The van der Waals surface area contributed by atoms with E-state index in [2.05, 4.69) is 17.6 Å². The molecule has 1 aliphatic heterocycles. The molecule has 0 aromatic heterocycles. The Labute approximate surface area is 90.4 Å². The lowest BCUT2D eigenvalue weighted by Gasteiger charge is -2.14. The third-order valence-electron chi connectivity index (χ3n) is 2.40. The van der Waals surface area contributed by atoms with Gasteiger partial charge in [-0.3, -0.25) is 4.79 Å². The minimum atomic E-state index is 0.219. The molecule has 1 aliphatic rings. The first-order chi connectivity index (χ1) is 6.74. The van der Waals surface area contributed by atoms with E-state index in [9.17, 15) is 4.79 Å². The summed E-state index contributed by atoms with van der Waals surface area (Å²) in [6, 6.07) is 0. The number of carbonyl (C=O) groups is 1. The number of hydrogen-bond acceptors (Lipinski definition) is 3. The number of thioether (sulfide) groups is 1. The summed E-state index contributed by atoms with van der Waals surface area (Å²) in [4.78, 5) is 11.6. The lowest BCUT2D eigenvalue weighted by Crippen LogP contribution is -2.36. The minimum Gasteiger partial charge on any atom is -0.355 e. The average Bonchev–Trinajstić information content (AvgIpc) is 2.67. The molecule has 1 amide bonds. The molecule has 0 aromatic carbocycles. The fourth-order valence-corrected chi connectivity index (χ4v) is 2.78. The van der Waals surface area contributed by atoms with E-state index < -0.39 is 0 Å². The maximum Gasteiger partial charge on any atom is 0.233 e. The molecule has 1 heterocycles. The van der Waals surface area contributed by atoms with Crippen molar-refractivity contribution >= 4 is 17.7 Å². The van der Waals surface area contributed by atoms with Crippen LogP contribution in [0, 0.1) is 5.92 Å². The first-order valence-electron chi connectivity index (χ1n) is 5.28. The number of carbonyl (C=O) groups excluding carboxylic acids is 1. The molecule has 82 valence electrons. The van der Waals surface area contributed by atoms with Gasteiger partial charge in [0.15, 0.2) is 0 Å². The smallest absolute Gasteiger partial charge is 0.233 e. The van der Waals surface area contributed by atoms with Crippen molar-refractivity contribution in [2.24, 2.45) is 5.92 Å². The molecule has 0 spiro atoms. The van der Waals surface area contributed by atoms with Crippen LogP contribution in [-0.2, 0) is 4.79 Å². The van der Waals surface area contributed by atoms with E-state index >= 15 is 0 Å². The van der Waals surface area contributed by atoms with E-state index in [1.807, 2.05) is 7.05 Å². The summed E-state index contributed by atoms with van der Waals surface area (Å²) in [6.07, 6.45) is 2.24. The molecule has 4 heteroatoms. The second kappa shape index (κ2) is 6.30. The Morgan fingerprint density at radius 2 is 2.36 bits per heavy atom. The lowest BCUT2D eigenvalue weighted by atomic mass is 10.1. The predicted molar refractivity (Wildman–Crippen MR) is 61.6 cm³/mol. The quantitative estimate of drug-likeness (QED) is 0.716. The fourth-order valence-electron chi connectivity index (χ4n) is 1.59. The molecule has 14 heavy (non-hydrogen) atoms. The second-order valence-electron chi connectivity index (χ2n) is 3.91. The van der Waals surface area contributed by atoms with Crippen LogP contribution in [0.5, 0.6) is 0 Å². The molecule has 1 rings (SSSR count). The molecular formula is C10H20N2OS. The highest BCUT2D eigenvalue weighted by Gasteiger charge is 2.22. The van der Waals surface area contributed by atoms with Crippen molar-refractivity contribution in [1.29, 1.82) is 0 Å². The zero-order valence-electron chi connectivity index (χ0n) is 9.01. The van der Waals surface area contributed by atoms with Crippen LogP contribution in [-0.4, -0.2) is 37.0 Å². The lowest BCUT2D eigenvalue weighted by molar-refractivity contribution is -0.120. The highest BCUT2D eigenvalue weighted by atomic mass is 32.2. The van der Waals surface area contributed by atoms with Gasteiger partial charge in [-0.1, -0.05) is 6.92 Å². The number of hydrogen-bond donors (Lipinski definition) is 2. The van der Waals surface area contributed by atoms with Crippen LogP contribution in [0.2, 0.25) is 0 Å². The van der Waals surface area contributed by atoms with Gasteiger partial charge in [-0.2, -0.15) is 0 Å². The Balaban J connectivity index is 2.13. The molecule has 2 N–H and O–H groups in total. The van der Waals surface area contributed by atoms with Crippen molar-refractivity contribution in [3.05, 3.63) is 0 Å². The Morgan fingerprint density at radius 3 is 2.93 bits per heavy atom.